The van der Waals surface area contributed by atoms with Crippen molar-refractivity contribution in [3.63, 3.8) is 0 Å². The first-order valence-electron chi connectivity index (χ1n) is 12.2. The van der Waals surface area contributed by atoms with Crippen LogP contribution in [0.2, 0.25) is 0 Å². The molecule has 3 N–H and O–H groups in total. The molecule has 1 amide bonds. The minimum atomic E-state index is -5.08. The maximum absolute atomic E-state index is 12.8. The second kappa shape index (κ2) is 12.4. The van der Waals surface area contributed by atoms with Gasteiger partial charge in [0.15, 0.2) is 0 Å². The van der Waals surface area contributed by atoms with Crippen LogP contribution in [-0.2, 0) is 4.79 Å². The van der Waals surface area contributed by atoms with Crippen molar-refractivity contribution >= 4 is 23.5 Å². The number of para-hydroxylation sites is 1. The van der Waals surface area contributed by atoms with E-state index >= 15 is 0 Å². The summed E-state index contributed by atoms with van der Waals surface area (Å²) in [6, 6.07) is 17.3. The van der Waals surface area contributed by atoms with Crippen LogP contribution in [0.15, 0.2) is 67.0 Å². The number of rotatable bonds is 6. The van der Waals surface area contributed by atoms with Crippen LogP contribution in [0.4, 0.5) is 24.8 Å². The summed E-state index contributed by atoms with van der Waals surface area (Å²) in [5.41, 5.74) is 2.96. The maximum Gasteiger partial charge on any atom is 0.490 e. The summed E-state index contributed by atoms with van der Waals surface area (Å²) >= 11 is 0. The fourth-order valence-corrected chi connectivity index (χ4v) is 3.86. The predicted octanol–water partition coefficient (Wildman–Crippen LogP) is 3.05. The molecule has 0 aliphatic carbocycles. The molecule has 1 saturated heterocycles. The number of piperidine rings is 1. The van der Waals surface area contributed by atoms with Crippen LogP contribution in [0, 0.1) is 0 Å². The molecule has 0 atom stereocenters. The standard InChI is InChI=1S/C23H25N9O.C2HF3O2/c1-30-12-10-19(11-13-30)25-22(33)17-6-5-9-20(14-17)31-16-21(15-24-31)32-23(27-28-29-32)26-18-7-3-2-4-8-18;3-2(4,5)1(6)7/h2-9,14-16,19H,10-13H2,1H3,(H,25,33)(H,26,27,29);(H,6,7). The van der Waals surface area contributed by atoms with Crippen LogP contribution < -0.4 is 10.6 Å². The number of carbonyl (C=O) groups is 2. The molecule has 40 heavy (non-hydrogen) atoms. The Kier molecular flexibility index (Phi) is 8.73. The topological polar surface area (TPSA) is 143 Å². The van der Waals surface area contributed by atoms with Crippen LogP contribution >= 0.6 is 0 Å². The lowest BCUT2D eigenvalue weighted by atomic mass is 10.0. The number of carboxylic acid groups (broad SMARTS) is 1. The van der Waals surface area contributed by atoms with Gasteiger partial charge in [-0.05, 0) is 73.7 Å². The fourth-order valence-electron chi connectivity index (χ4n) is 3.86. The van der Waals surface area contributed by atoms with Crippen LogP contribution in [0.3, 0.4) is 0 Å². The zero-order chi connectivity index (χ0) is 28.7. The number of tetrazole rings is 1. The quantitative estimate of drug-likeness (QED) is 0.326. The van der Waals surface area contributed by atoms with Crippen molar-refractivity contribution in [1.82, 2.24) is 40.2 Å². The Hall–Kier alpha value is -4.79. The zero-order valence-electron chi connectivity index (χ0n) is 21.3. The van der Waals surface area contributed by atoms with E-state index in [0.29, 0.717) is 17.2 Å². The highest BCUT2D eigenvalue weighted by atomic mass is 19.4. The van der Waals surface area contributed by atoms with E-state index < -0.39 is 12.1 Å². The molecular weight excluding hydrogens is 531 g/mol. The van der Waals surface area contributed by atoms with Crippen molar-refractivity contribution in [3.05, 3.63) is 72.6 Å². The van der Waals surface area contributed by atoms with Gasteiger partial charge in [0.25, 0.3) is 11.9 Å². The zero-order valence-corrected chi connectivity index (χ0v) is 21.3. The van der Waals surface area contributed by atoms with Gasteiger partial charge in [-0.1, -0.05) is 29.4 Å². The van der Waals surface area contributed by atoms with Gasteiger partial charge < -0.3 is 20.6 Å². The predicted molar refractivity (Wildman–Crippen MR) is 138 cm³/mol. The molecule has 0 radical (unpaired) electrons. The number of likely N-dealkylation sites (tertiary alicyclic amines) is 1. The van der Waals surface area contributed by atoms with Crippen LogP contribution in [0.5, 0.6) is 0 Å². The fraction of sp³-hybridized carbons (Fsp3) is 0.280. The average Bonchev–Trinajstić information content (AvgIpc) is 3.60. The van der Waals surface area contributed by atoms with Crippen molar-refractivity contribution < 1.29 is 27.9 Å². The second-order valence-corrected chi connectivity index (χ2v) is 8.95. The number of halogens is 3. The SMILES string of the molecule is CN1CCC(NC(=O)c2cccc(-n3cc(-n4nnnc4Nc4ccccc4)cn3)c2)CC1.O=C(O)C(F)(F)F. The molecule has 0 spiro atoms. The number of hydrogen-bond acceptors (Lipinski definition) is 8. The van der Waals surface area contributed by atoms with Crippen molar-refractivity contribution in [2.24, 2.45) is 0 Å². The van der Waals surface area contributed by atoms with Gasteiger partial charge in [0.1, 0.15) is 5.69 Å². The minimum absolute atomic E-state index is 0.0615. The molecule has 1 fully saturated rings. The normalized spacial score (nSPS) is 14.2. The lowest BCUT2D eigenvalue weighted by molar-refractivity contribution is -0.192. The van der Waals surface area contributed by atoms with E-state index in [2.05, 4.69) is 43.2 Å². The molecule has 0 bridgehead atoms. The highest BCUT2D eigenvalue weighted by Crippen LogP contribution is 2.19. The van der Waals surface area contributed by atoms with E-state index in [1.54, 1.807) is 15.6 Å². The molecule has 5 rings (SSSR count). The van der Waals surface area contributed by atoms with Gasteiger partial charge in [-0.2, -0.15) is 23.0 Å². The lowest BCUT2D eigenvalue weighted by Gasteiger charge is -2.29. The Morgan fingerprint density at radius 1 is 1.02 bits per heavy atom. The van der Waals surface area contributed by atoms with Gasteiger partial charge >= 0.3 is 12.1 Å². The second-order valence-electron chi connectivity index (χ2n) is 8.95. The summed E-state index contributed by atoms with van der Waals surface area (Å²) in [7, 11) is 2.11. The number of nitrogens with zero attached hydrogens (tertiary/aromatic N) is 7. The van der Waals surface area contributed by atoms with E-state index in [1.807, 2.05) is 60.8 Å². The first-order chi connectivity index (χ1) is 19.1. The molecule has 4 aromatic rings. The maximum atomic E-state index is 12.8. The molecule has 1 aliphatic rings. The van der Waals surface area contributed by atoms with Crippen molar-refractivity contribution in [3.8, 4) is 11.4 Å². The molecule has 3 heterocycles. The third-order valence-corrected chi connectivity index (χ3v) is 5.98. The Morgan fingerprint density at radius 2 is 1.73 bits per heavy atom. The first kappa shape index (κ1) is 28.2. The molecule has 12 nitrogen and oxygen atoms in total. The molecule has 15 heteroatoms. The first-order valence-corrected chi connectivity index (χ1v) is 12.2. The number of aliphatic carboxylic acids is 1. The Bertz CT molecular complexity index is 1430. The van der Waals surface area contributed by atoms with E-state index in [9.17, 15) is 18.0 Å². The molecule has 1 aliphatic heterocycles. The number of hydrogen-bond donors (Lipinski definition) is 3. The average molecular weight is 558 g/mol. The Labute approximate surface area is 226 Å². The third-order valence-electron chi connectivity index (χ3n) is 5.98. The van der Waals surface area contributed by atoms with Gasteiger partial charge in [-0.15, -0.1) is 0 Å². The number of nitrogens with one attached hydrogen (secondary N) is 2. The largest absolute Gasteiger partial charge is 0.490 e. The highest BCUT2D eigenvalue weighted by Gasteiger charge is 2.38. The Balaban J connectivity index is 0.000000470. The van der Waals surface area contributed by atoms with Gasteiger partial charge in [0, 0.05) is 17.3 Å². The minimum Gasteiger partial charge on any atom is -0.475 e. The number of alkyl halides is 3. The molecule has 0 unspecified atom stereocenters. The monoisotopic (exact) mass is 557 g/mol. The number of benzene rings is 2. The molecule has 2 aromatic carbocycles. The van der Waals surface area contributed by atoms with E-state index in [1.165, 1.54) is 0 Å². The van der Waals surface area contributed by atoms with Crippen molar-refractivity contribution in [2.75, 3.05) is 25.5 Å². The van der Waals surface area contributed by atoms with Crippen LogP contribution in [0.25, 0.3) is 11.4 Å². The summed E-state index contributed by atoms with van der Waals surface area (Å²) in [6.07, 6.45) is 0.351. The Morgan fingerprint density at radius 3 is 2.40 bits per heavy atom. The van der Waals surface area contributed by atoms with Crippen LogP contribution in [-0.4, -0.2) is 84.2 Å². The van der Waals surface area contributed by atoms with E-state index in [0.717, 1.165) is 37.3 Å². The summed E-state index contributed by atoms with van der Waals surface area (Å²) in [5, 5.41) is 29.9. The summed E-state index contributed by atoms with van der Waals surface area (Å²) < 4.78 is 35.0. The van der Waals surface area contributed by atoms with Gasteiger partial charge in [0.2, 0.25) is 0 Å². The van der Waals surface area contributed by atoms with E-state index in [-0.39, 0.29) is 11.9 Å². The molecule has 0 saturated carbocycles. The summed E-state index contributed by atoms with van der Waals surface area (Å²) in [6.45, 7) is 2.00. The molecule has 210 valence electrons. The van der Waals surface area contributed by atoms with E-state index in [4.69, 9.17) is 9.90 Å². The summed E-state index contributed by atoms with van der Waals surface area (Å²) in [4.78, 5) is 24.0. The number of anilines is 2. The molecule has 2 aromatic heterocycles. The smallest absolute Gasteiger partial charge is 0.475 e. The highest BCUT2D eigenvalue weighted by molar-refractivity contribution is 5.94. The van der Waals surface area contributed by atoms with Gasteiger partial charge in [0.05, 0.1) is 18.1 Å². The number of carboxylic acids is 1. The van der Waals surface area contributed by atoms with Crippen molar-refractivity contribution in [1.29, 1.82) is 0 Å². The number of amides is 1. The third kappa shape index (κ3) is 7.41. The van der Waals surface area contributed by atoms with Crippen molar-refractivity contribution in [2.45, 2.75) is 25.1 Å². The number of aromatic nitrogens is 6. The van der Waals surface area contributed by atoms with Gasteiger partial charge in [-0.25, -0.2) is 9.48 Å². The number of carbonyl (C=O) groups excluding carboxylic acids is 1. The van der Waals surface area contributed by atoms with Gasteiger partial charge in [-0.3, -0.25) is 4.79 Å². The van der Waals surface area contributed by atoms with Crippen LogP contribution in [0.1, 0.15) is 23.2 Å². The molecular formula is C25H26F3N9O3. The lowest BCUT2D eigenvalue weighted by Crippen LogP contribution is -2.43. The summed E-state index contributed by atoms with van der Waals surface area (Å²) in [5.74, 6) is -2.34.